The molecule has 1 saturated carbocycles. The summed E-state index contributed by atoms with van der Waals surface area (Å²) in [5, 5.41) is 12.0. The lowest BCUT2D eigenvalue weighted by Crippen LogP contribution is -2.36. The van der Waals surface area contributed by atoms with Crippen molar-refractivity contribution in [3.05, 3.63) is 18.5 Å². The molecule has 0 amide bonds. The Hall–Kier alpha value is -1.72. The molecule has 0 aromatic carbocycles. The molecular formula is C12H16FN5. The van der Waals surface area contributed by atoms with Crippen LogP contribution in [0.3, 0.4) is 0 Å². The minimum Gasteiger partial charge on any atom is -0.355 e. The molecule has 1 aliphatic carbocycles. The number of nitrogens with zero attached hydrogens (tertiary/aromatic N) is 5. The van der Waals surface area contributed by atoms with Crippen LogP contribution in [0.2, 0.25) is 0 Å². The summed E-state index contributed by atoms with van der Waals surface area (Å²) in [6.45, 7) is 0.396. The van der Waals surface area contributed by atoms with Crippen molar-refractivity contribution in [3.63, 3.8) is 0 Å². The Morgan fingerprint density at radius 2 is 2.17 bits per heavy atom. The number of rotatable bonds is 3. The number of alkyl halides is 1. The summed E-state index contributed by atoms with van der Waals surface area (Å²) >= 11 is 0. The first-order chi connectivity index (χ1) is 8.66. The predicted molar refractivity (Wildman–Crippen MR) is 66.4 cm³/mol. The Bertz CT molecular complexity index is 546. The molecule has 2 heterocycles. The van der Waals surface area contributed by atoms with Gasteiger partial charge in [-0.15, -0.1) is 15.3 Å². The van der Waals surface area contributed by atoms with Crippen molar-refractivity contribution in [1.29, 1.82) is 0 Å². The second kappa shape index (κ2) is 4.19. The minimum absolute atomic E-state index is 0.396. The van der Waals surface area contributed by atoms with E-state index in [4.69, 9.17) is 0 Å². The van der Waals surface area contributed by atoms with Crippen LogP contribution in [0, 0.1) is 0 Å². The van der Waals surface area contributed by atoms with E-state index >= 15 is 0 Å². The van der Waals surface area contributed by atoms with Crippen molar-refractivity contribution in [2.75, 3.05) is 18.5 Å². The minimum atomic E-state index is -1.06. The van der Waals surface area contributed by atoms with Gasteiger partial charge in [-0.25, -0.2) is 4.39 Å². The number of aromatic nitrogens is 4. The van der Waals surface area contributed by atoms with Crippen LogP contribution in [0.1, 0.15) is 25.7 Å². The Balaban J connectivity index is 1.80. The second-order valence-corrected chi connectivity index (χ2v) is 5.04. The number of anilines is 1. The molecule has 2 aromatic rings. The first-order valence-corrected chi connectivity index (χ1v) is 6.23. The Morgan fingerprint density at radius 3 is 2.94 bits per heavy atom. The molecule has 3 rings (SSSR count). The summed E-state index contributed by atoms with van der Waals surface area (Å²) in [5.74, 6) is 0.742. The van der Waals surface area contributed by atoms with Gasteiger partial charge in [0.25, 0.3) is 0 Å². The SMILES string of the molecule is CN(CC1(F)CCCC1)c1ccc2nncn2n1. The van der Waals surface area contributed by atoms with Crippen molar-refractivity contribution >= 4 is 11.5 Å². The highest BCUT2D eigenvalue weighted by molar-refractivity contribution is 5.44. The van der Waals surface area contributed by atoms with Crippen molar-refractivity contribution in [2.24, 2.45) is 0 Å². The van der Waals surface area contributed by atoms with Gasteiger partial charge in [0.15, 0.2) is 5.65 Å². The number of hydrogen-bond acceptors (Lipinski definition) is 4. The van der Waals surface area contributed by atoms with E-state index in [2.05, 4.69) is 15.3 Å². The number of halogens is 1. The summed E-state index contributed by atoms with van der Waals surface area (Å²) in [5.41, 5.74) is -0.360. The zero-order chi connectivity index (χ0) is 12.6. The maximum Gasteiger partial charge on any atom is 0.177 e. The van der Waals surface area contributed by atoms with Gasteiger partial charge in [0, 0.05) is 7.05 Å². The molecule has 0 atom stereocenters. The highest BCUT2D eigenvalue weighted by Crippen LogP contribution is 2.34. The van der Waals surface area contributed by atoms with Crippen molar-refractivity contribution < 1.29 is 4.39 Å². The van der Waals surface area contributed by atoms with E-state index in [1.54, 1.807) is 10.8 Å². The molecule has 0 radical (unpaired) electrons. The molecule has 0 unspecified atom stereocenters. The van der Waals surface area contributed by atoms with Gasteiger partial charge in [-0.1, -0.05) is 12.8 Å². The molecule has 18 heavy (non-hydrogen) atoms. The van der Waals surface area contributed by atoms with Crippen LogP contribution >= 0.6 is 0 Å². The fraction of sp³-hybridized carbons (Fsp3) is 0.583. The quantitative estimate of drug-likeness (QED) is 0.832. The van der Waals surface area contributed by atoms with E-state index in [1.807, 2.05) is 24.1 Å². The van der Waals surface area contributed by atoms with Crippen LogP contribution < -0.4 is 4.90 Å². The first kappa shape index (κ1) is 11.4. The van der Waals surface area contributed by atoms with E-state index in [0.29, 0.717) is 25.0 Å². The standard InChI is InChI=1S/C12H16FN5/c1-17(8-12(13)6-2-3-7-12)11-5-4-10-15-14-9-18(10)16-11/h4-5,9H,2-3,6-8H2,1H3. The molecule has 1 aliphatic rings. The molecule has 0 aliphatic heterocycles. The predicted octanol–water partition coefficient (Wildman–Crippen LogP) is 1.84. The van der Waals surface area contributed by atoms with Crippen LogP contribution in [0.25, 0.3) is 5.65 Å². The van der Waals surface area contributed by atoms with Gasteiger partial charge >= 0.3 is 0 Å². The number of hydrogen-bond donors (Lipinski definition) is 0. The number of fused-ring (bicyclic) bond motifs is 1. The molecule has 5 nitrogen and oxygen atoms in total. The van der Waals surface area contributed by atoms with Gasteiger partial charge in [-0.05, 0) is 25.0 Å². The molecule has 2 aromatic heterocycles. The largest absolute Gasteiger partial charge is 0.355 e. The average molecular weight is 249 g/mol. The zero-order valence-corrected chi connectivity index (χ0v) is 10.4. The van der Waals surface area contributed by atoms with Crippen molar-refractivity contribution in [3.8, 4) is 0 Å². The maximum atomic E-state index is 14.4. The van der Waals surface area contributed by atoms with Crippen LogP contribution in [0.5, 0.6) is 0 Å². The van der Waals surface area contributed by atoms with Gasteiger partial charge in [-0.2, -0.15) is 4.52 Å². The Kier molecular flexibility index (Phi) is 2.65. The van der Waals surface area contributed by atoms with E-state index < -0.39 is 5.67 Å². The molecule has 0 N–H and O–H groups in total. The highest BCUT2D eigenvalue weighted by atomic mass is 19.1. The average Bonchev–Trinajstić information content (AvgIpc) is 2.96. The third-order valence-corrected chi connectivity index (χ3v) is 3.56. The van der Waals surface area contributed by atoms with Gasteiger partial charge in [-0.3, -0.25) is 0 Å². The zero-order valence-electron chi connectivity index (χ0n) is 10.4. The fourth-order valence-electron chi connectivity index (χ4n) is 2.59. The first-order valence-electron chi connectivity index (χ1n) is 6.23. The van der Waals surface area contributed by atoms with Gasteiger partial charge in [0.2, 0.25) is 0 Å². The van der Waals surface area contributed by atoms with Crippen molar-refractivity contribution in [1.82, 2.24) is 19.8 Å². The van der Waals surface area contributed by atoms with Gasteiger partial charge in [0.05, 0.1) is 6.54 Å². The van der Waals surface area contributed by atoms with E-state index in [0.717, 1.165) is 18.7 Å². The summed E-state index contributed by atoms with van der Waals surface area (Å²) < 4.78 is 16.0. The molecular weight excluding hydrogens is 233 g/mol. The lowest BCUT2D eigenvalue weighted by Gasteiger charge is -2.26. The van der Waals surface area contributed by atoms with Crippen LogP contribution in [-0.2, 0) is 0 Å². The monoisotopic (exact) mass is 249 g/mol. The highest BCUT2D eigenvalue weighted by Gasteiger charge is 2.35. The third-order valence-electron chi connectivity index (χ3n) is 3.56. The summed E-state index contributed by atoms with van der Waals surface area (Å²) in [7, 11) is 1.87. The Morgan fingerprint density at radius 1 is 1.39 bits per heavy atom. The molecule has 96 valence electrons. The maximum absolute atomic E-state index is 14.4. The van der Waals surface area contributed by atoms with Crippen LogP contribution in [0.4, 0.5) is 10.2 Å². The second-order valence-electron chi connectivity index (χ2n) is 5.04. The molecule has 6 heteroatoms. The van der Waals surface area contributed by atoms with Crippen LogP contribution in [0.15, 0.2) is 18.5 Å². The molecule has 0 saturated heterocycles. The third kappa shape index (κ3) is 2.02. The molecule has 1 fully saturated rings. The lowest BCUT2D eigenvalue weighted by atomic mass is 10.0. The van der Waals surface area contributed by atoms with E-state index in [1.165, 1.54) is 0 Å². The summed E-state index contributed by atoms with van der Waals surface area (Å²) in [4.78, 5) is 1.87. The van der Waals surface area contributed by atoms with Gasteiger partial charge in [0.1, 0.15) is 17.8 Å². The fourth-order valence-corrected chi connectivity index (χ4v) is 2.59. The Labute approximate surface area is 105 Å². The summed E-state index contributed by atoms with van der Waals surface area (Å²) in [6, 6.07) is 3.69. The van der Waals surface area contributed by atoms with Crippen LogP contribution in [-0.4, -0.2) is 39.1 Å². The van der Waals surface area contributed by atoms with Gasteiger partial charge < -0.3 is 4.90 Å². The van der Waals surface area contributed by atoms with E-state index in [9.17, 15) is 4.39 Å². The topological polar surface area (TPSA) is 46.3 Å². The van der Waals surface area contributed by atoms with E-state index in [-0.39, 0.29) is 0 Å². The molecule has 0 bridgehead atoms. The van der Waals surface area contributed by atoms with Crippen molar-refractivity contribution in [2.45, 2.75) is 31.4 Å². The smallest absolute Gasteiger partial charge is 0.177 e. The molecule has 0 spiro atoms. The lowest BCUT2D eigenvalue weighted by molar-refractivity contribution is 0.181. The summed E-state index contributed by atoms with van der Waals surface area (Å²) in [6.07, 6.45) is 4.84. The normalized spacial score (nSPS) is 18.3.